The molecule has 1 amide bonds. The average molecular weight is 454 g/mol. The van der Waals surface area contributed by atoms with Crippen LogP contribution in [-0.4, -0.2) is 69.6 Å². The lowest BCUT2D eigenvalue weighted by Gasteiger charge is -2.17. The van der Waals surface area contributed by atoms with Gasteiger partial charge in [-0.1, -0.05) is 0 Å². The van der Waals surface area contributed by atoms with Crippen LogP contribution in [0.2, 0.25) is 0 Å². The van der Waals surface area contributed by atoms with Crippen LogP contribution in [0.5, 0.6) is 11.5 Å². The monoisotopic (exact) mass is 454 g/mol. The first-order valence-corrected chi connectivity index (χ1v) is 9.61. The Morgan fingerprint density at radius 3 is 1.94 bits per heavy atom. The molecule has 0 atom stereocenters. The van der Waals surface area contributed by atoms with E-state index in [1.54, 1.807) is 0 Å². The van der Waals surface area contributed by atoms with Crippen molar-refractivity contribution < 1.29 is 38.1 Å². The molecular weight excluding hydrogens is 432 g/mol. The highest BCUT2D eigenvalue weighted by molar-refractivity contribution is 6.02. The molecule has 0 bridgehead atoms. The van der Waals surface area contributed by atoms with Crippen LogP contribution < -0.4 is 9.47 Å². The molecule has 0 aliphatic heterocycles. The lowest BCUT2D eigenvalue weighted by atomic mass is 10.1. The fourth-order valence-electron chi connectivity index (χ4n) is 2.59. The molecule has 0 N–H and O–H groups in total. The summed E-state index contributed by atoms with van der Waals surface area (Å²) in [6.07, 6.45) is 0. The molecule has 0 aliphatic carbocycles. The lowest BCUT2D eigenvalue weighted by molar-refractivity contribution is -0.144. The first-order valence-electron chi connectivity index (χ1n) is 9.61. The highest BCUT2D eigenvalue weighted by Gasteiger charge is 2.19. The summed E-state index contributed by atoms with van der Waals surface area (Å²) in [6.45, 7) is -1.09. The zero-order chi connectivity index (χ0) is 24.4. The highest BCUT2D eigenvalue weighted by Crippen LogP contribution is 2.29. The molecule has 2 aromatic carbocycles. The van der Waals surface area contributed by atoms with E-state index >= 15 is 0 Å². The Labute approximate surface area is 190 Å². The van der Waals surface area contributed by atoms with Crippen LogP contribution in [0, 0.1) is 11.3 Å². The number of nitrogens with zero attached hydrogens (tertiary/aromatic N) is 2. The second kappa shape index (κ2) is 11.9. The second-order valence-electron chi connectivity index (χ2n) is 6.66. The van der Waals surface area contributed by atoms with Crippen LogP contribution >= 0.6 is 0 Å². The Balaban J connectivity index is 2.16. The van der Waals surface area contributed by atoms with E-state index in [1.165, 1.54) is 68.6 Å². The van der Waals surface area contributed by atoms with Gasteiger partial charge in [0.1, 0.15) is 0 Å². The minimum atomic E-state index is -0.654. The number of carbonyl (C=O) groups excluding carboxylic acids is 4. The summed E-state index contributed by atoms with van der Waals surface area (Å²) in [4.78, 5) is 49.4. The molecule has 2 aromatic rings. The van der Waals surface area contributed by atoms with Crippen molar-refractivity contribution in [2.45, 2.75) is 0 Å². The fourth-order valence-corrected chi connectivity index (χ4v) is 2.59. The molecule has 0 saturated heterocycles. The number of amides is 1. The second-order valence-corrected chi connectivity index (χ2v) is 6.66. The Morgan fingerprint density at radius 1 is 0.848 bits per heavy atom. The van der Waals surface area contributed by atoms with Crippen LogP contribution in [0.1, 0.15) is 26.3 Å². The molecule has 0 aromatic heterocycles. The quantitative estimate of drug-likeness (QED) is 0.388. The number of ether oxygens (including phenoxy) is 4. The van der Waals surface area contributed by atoms with Gasteiger partial charge in [-0.05, 0) is 42.5 Å². The molecule has 172 valence electrons. The van der Waals surface area contributed by atoms with E-state index in [0.29, 0.717) is 11.1 Å². The van der Waals surface area contributed by atoms with E-state index in [-0.39, 0.29) is 23.6 Å². The van der Waals surface area contributed by atoms with Crippen LogP contribution in [0.15, 0.2) is 42.5 Å². The maximum absolute atomic E-state index is 12.8. The van der Waals surface area contributed by atoms with Crippen molar-refractivity contribution in [1.82, 2.24) is 4.90 Å². The highest BCUT2D eigenvalue weighted by atomic mass is 16.6. The molecule has 0 saturated carbocycles. The first-order chi connectivity index (χ1) is 15.8. The normalized spacial score (nSPS) is 9.88. The number of hydrogen-bond donors (Lipinski definition) is 0. The average Bonchev–Trinajstić information content (AvgIpc) is 2.85. The van der Waals surface area contributed by atoms with Crippen molar-refractivity contribution in [3.05, 3.63) is 59.2 Å². The molecule has 0 unspecified atom stereocenters. The van der Waals surface area contributed by atoms with Crippen molar-refractivity contribution in [2.24, 2.45) is 0 Å². The Morgan fingerprint density at radius 2 is 1.39 bits per heavy atom. The van der Waals surface area contributed by atoms with Gasteiger partial charge in [-0.25, -0.2) is 9.59 Å². The number of Topliss-reactive ketones (excluding diaryl/α,β-unsaturated/α-hetero) is 1. The number of rotatable bonds is 10. The number of nitriles is 1. The molecule has 10 heteroatoms. The van der Waals surface area contributed by atoms with Gasteiger partial charge in [-0.15, -0.1) is 0 Å². The van der Waals surface area contributed by atoms with Gasteiger partial charge < -0.3 is 23.8 Å². The van der Waals surface area contributed by atoms with Gasteiger partial charge in [0.05, 0.1) is 32.4 Å². The maximum Gasteiger partial charge on any atom is 0.343 e. The lowest BCUT2D eigenvalue weighted by Crippen LogP contribution is -2.32. The van der Waals surface area contributed by atoms with E-state index in [9.17, 15) is 19.2 Å². The van der Waals surface area contributed by atoms with Crippen molar-refractivity contribution in [3.8, 4) is 17.6 Å². The summed E-state index contributed by atoms with van der Waals surface area (Å²) in [7, 11) is 3.87. The van der Waals surface area contributed by atoms with Gasteiger partial charge in [-0.2, -0.15) is 5.26 Å². The number of hydrogen-bond acceptors (Lipinski definition) is 9. The Kier molecular flexibility index (Phi) is 8.94. The van der Waals surface area contributed by atoms with E-state index in [4.69, 9.17) is 14.7 Å². The summed E-state index contributed by atoms with van der Waals surface area (Å²) >= 11 is 0. The predicted molar refractivity (Wildman–Crippen MR) is 114 cm³/mol. The van der Waals surface area contributed by atoms with Crippen LogP contribution in [0.3, 0.4) is 0 Å². The maximum atomic E-state index is 12.8. The standard InChI is InChI=1S/C23H22N2O8/c1-25(23(29)16-6-4-15(11-24)5-7-16)12-18(26)17-8-9-19(32-13-21(27)30-2)20(10-17)33-14-22(28)31-3/h4-10H,12-14H2,1-3H3. The molecule has 0 aliphatic rings. The molecule has 0 spiro atoms. The largest absolute Gasteiger partial charge is 0.478 e. The van der Waals surface area contributed by atoms with Gasteiger partial charge in [-0.3, -0.25) is 9.59 Å². The number of ketones is 1. The number of esters is 2. The van der Waals surface area contributed by atoms with E-state index in [0.717, 1.165) is 0 Å². The first kappa shape index (κ1) is 24.9. The van der Waals surface area contributed by atoms with Crippen LogP contribution in [0.4, 0.5) is 0 Å². The summed E-state index contributed by atoms with van der Waals surface area (Å²) < 4.78 is 19.8. The summed E-state index contributed by atoms with van der Waals surface area (Å²) in [5, 5.41) is 8.86. The SMILES string of the molecule is COC(=O)COc1ccc(C(=O)CN(C)C(=O)c2ccc(C#N)cc2)cc1OCC(=O)OC. The molecule has 10 nitrogen and oxygen atoms in total. The number of carbonyl (C=O) groups is 4. The Bertz CT molecular complexity index is 1070. The third-order valence-electron chi connectivity index (χ3n) is 4.40. The van der Waals surface area contributed by atoms with Gasteiger partial charge in [0.2, 0.25) is 0 Å². The topological polar surface area (TPSA) is 132 Å². The van der Waals surface area contributed by atoms with Crippen molar-refractivity contribution in [3.63, 3.8) is 0 Å². The van der Waals surface area contributed by atoms with Gasteiger partial charge in [0.15, 0.2) is 30.5 Å². The van der Waals surface area contributed by atoms with E-state index < -0.39 is 36.8 Å². The minimum absolute atomic E-state index is 0.0382. The number of likely N-dealkylation sites (N-methyl/N-ethyl adjacent to an activating group) is 1. The third-order valence-corrected chi connectivity index (χ3v) is 4.40. The van der Waals surface area contributed by atoms with E-state index in [1.807, 2.05) is 6.07 Å². The zero-order valence-electron chi connectivity index (χ0n) is 18.3. The van der Waals surface area contributed by atoms with Gasteiger partial charge in [0.25, 0.3) is 5.91 Å². The Hall–Kier alpha value is -4.39. The van der Waals surface area contributed by atoms with Gasteiger partial charge >= 0.3 is 11.9 Å². The number of methoxy groups -OCH3 is 2. The molecule has 0 radical (unpaired) electrons. The zero-order valence-corrected chi connectivity index (χ0v) is 18.3. The summed E-state index contributed by atoms with van der Waals surface area (Å²) in [6, 6.07) is 12.2. The van der Waals surface area contributed by atoms with Crippen LogP contribution in [0.25, 0.3) is 0 Å². The van der Waals surface area contributed by atoms with Crippen LogP contribution in [-0.2, 0) is 19.1 Å². The fraction of sp³-hybridized carbons (Fsp3) is 0.261. The van der Waals surface area contributed by atoms with Gasteiger partial charge in [0, 0.05) is 18.2 Å². The third kappa shape index (κ3) is 7.07. The molecule has 0 fully saturated rings. The smallest absolute Gasteiger partial charge is 0.343 e. The minimum Gasteiger partial charge on any atom is -0.478 e. The summed E-state index contributed by atoms with van der Waals surface area (Å²) in [5.74, 6) is -1.93. The predicted octanol–water partition coefficient (Wildman–Crippen LogP) is 1.62. The van der Waals surface area contributed by atoms with Crippen molar-refractivity contribution in [1.29, 1.82) is 5.26 Å². The van der Waals surface area contributed by atoms with Crippen molar-refractivity contribution in [2.75, 3.05) is 41.0 Å². The molecule has 2 rings (SSSR count). The number of benzene rings is 2. The summed E-state index contributed by atoms with van der Waals surface area (Å²) in [5.41, 5.74) is 0.942. The van der Waals surface area contributed by atoms with Crippen molar-refractivity contribution >= 4 is 23.6 Å². The van der Waals surface area contributed by atoms with E-state index in [2.05, 4.69) is 9.47 Å². The molecule has 0 heterocycles. The molecular formula is C23H22N2O8. The molecule has 33 heavy (non-hydrogen) atoms.